The van der Waals surface area contributed by atoms with Crippen molar-refractivity contribution in [2.45, 2.75) is 20.0 Å². The van der Waals surface area contributed by atoms with Crippen LogP contribution in [0.25, 0.3) is 0 Å². The Hall–Kier alpha value is -2.47. The fourth-order valence-corrected chi connectivity index (χ4v) is 2.29. The average molecular weight is 270 g/mol. The number of nitrogens with zero attached hydrogens (tertiary/aromatic N) is 2. The van der Waals surface area contributed by atoms with E-state index < -0.39 is 0 Å². The quantitative estimate of drug-likeness (QED) is 0.865. The SMILES string of the molecule is CC(=O)n1nc(NC(=O)c2ccccc2)c2c1CNC2. The summed E-state index contributed by atoms with van der Waals surface area (Å²) in [5, 5.41) is 10.1. The molecule has 20 heavy (non-hydrogen) atoms. The highest BCUT2D eigenvalue weighted by atomic mass is 16.2. The predicted molar refractivity (Wildman–Crippen MR) is 73.5 cm³/mol. The van der Waals surface area contributed by atoms with Crippen LogP contribution in [0.3, 0.4) is 0 Å². The molecule has 2 aromatic rings. The van der Waals surface area contributed by atoms with Crippen LogP contribution in [0.15, 0.2) is 30.3 Å². The Labute approximate surface area is 115 Å². The maximum Gasteiger partial charge on any atom is 0.256 e. The molecule has 0 unspecified atom stereocenters. The van der Waals surface area contributed by atoms with E-state index >= 15 is 0 Å². The summed E-state index contributed by atoms with van der Waals surface area (Å²) < 4.78 is 1.34. The van der Waals surface area contributed by atoms with E-state index in [4.69, 9.17) is 0 Å². The fraction of sp³-hybridized carbons (Fsp3) is 0.214. The lowest BCUT2D eigenvalue weighted by Gasteiger charge is -2.03. The van der Waals surface area contributed by atoms with Gasteiger partial charge < -0.3 is 10.6 Å². The van der Waals surface area contributed by atoms with Gasteiger partial charge in [-0.25, -0.2) is 4.68 Å². The molecule has 0 radical (unpaired) electrons. The minimum Gasteiger partial charge on any atom is -0.307 e. The lowest BCUT2D eigenvalue weighted by atomic mass is 10.2. The van der Waals surface area contributed by atoms with Crippen LogP contribution in [0.4, 0.5) is 5.82 Å². The highest BCUT2D eigenvalue weighted by Gasteiger charge is 2.25. The van der Waals surface area contributed by atoms with E-state index in [-0.39, 0.29) is 11.8 Å². The number of fused-ring (bicyclic) bond motifs is 1. The van der Waals surface area contributed by atoms with Gasteiger partial charge in [-0.15, -0.1) is 5.10 Å². The zero-order valence-corrected chi connectivity index (χ0v) is 11.0. The zero-order chi connectivity index (χ0) is 14.1. The molecule has 2 heterocycles. The highest BCUT2D eigenvalue weighted by Crippen LogP contribution is 2.24. The summed E-state index contributed by atoms with van der Waals surface area (Å²) in [5.74, 6) is 0.0627. The molecule has 1 aliphatic rings. The molecule has 0 fully saturated rings. The molecule has 6 nitrogen and oxygen atoms in total. The van der Waals surface area contributed by atoms with Crippen LogP contribution in [-0.4, -0.2) is 21.6 Å². The Morgan fingerprint density at radius 3 is 2.70 bits per heavy atom. The predicted octanol–water partition coefficient (Wildman–Crippen LogP) is 1.40. The first-order valence-electron chi connectivity index (χ1n) is 6.35. The van der Waals surface area contributed by atoms with Gasteiger partial charge in [-0.1, -0.05) is 18.2 Å². The molecule has 102 valence electrons. The van der Waals surface area contributed by atoms with Crippen LogP contribution in [0.1, 0.15) is 33.3 Å². The molecular formula is C14H14N4O2. The topological polar surface area (TPSA) is 76.0 Å². The summed E-state index contributed by atoms with van der Waals surface area (Å²) in [4.78, 5) is 23.7. The van der Waals surface area contributed by atoms with E-state index in [0.29, 0.717) is 24.5 Å². The minimum absolute atomic E-state index is 0.162. The van der Waals surface area contributed by atoms with Crippen molar-refractivity contribution >= 4 is 17.6 Å². The van der Waals surface area contributed by atoms with Gasteiger partial charge in [0.15, 0.2) is 5.82 Å². The van der Waals surface area contributed by atoms with Crippen molar-refractivity contribution in [2.75, 3.05) is 5.32 Å². The van der Waals surface area contributed by atoms with Crippen molar-refractivity contribution in [3.63, 3.8) is 0 Å². The van der Waals surface area contributed by atoms with E-state index in [0.717, 1.165) is 11.3 Å². The summed E-state index contributed by atoms with van der Waals surface area (Å²) in [5.41, 5.74) is 2.26. The maximum atomic E-state index is 12.1. The summed E-state index contributed by atoms with van der Waals surface area (Å²) >= 11 is 0. The Kier molecular flexibility index (Phi) is 3.08. The van der Waals surface area contributed by atoms with Gasteiger partial charge in [0, 0.05) is 31.1 Å². The number of nitrogens with one attached hydrogen (secondary N) is 2. The number of anilines is 1. The van der Waals surface area contributed by atoms with Gasteiger partial charge in [-0.2, -0.15) is 0 Å². The number of amides is 1. The zero-order valence-electron chi connectivity index (χ0n) is 11.0. The Morgan fingerprint density at radius 1 is 1.25 bits per heavy atom. The van der Waals surface area contributed by atoms with Crippen LogP contribution in [0.2, 0.25) is 0 Å². The van der Waals surface area contributed by atoms with E-state index in [1.165, 1.54) is 11.6 Å². The molecular weight excluding hydrogens is 256 g/mol. The first-order chi connectivity index (χ1) is 9.66. The first-order valence-corrected chi connectivity index (χ1v) is 6.35. The Morgan fingerprint density at radius 2 is 2.00 bits per heavy atom. The Balaban J connectivity index is 1.91. The number of hydrogen-bond donors (Lipinski definition) is 2. The highest BCUT2D eigenvalue weighted by molar-refractivity contribution is 6.04. The fourth-order valence-electron chi connectivity index (χ4n) is 2.29. The molecule has 1 aromatic carbocycles. The number of carbonyl (C=O) groups excluding carboxylic acids is 2. The van der Waals surface area contributed by atoms with Gasteiger partial charge in [-0.3, -0.25) is 9.59 Å². The van der Waals surface area contributed by atoms with Gasteiger partial charge in [0.2, 0.25) is 5.91 Å². The molecule has 1 aliphatic heterocycles. The molecule has 0 saturated heterocycles. The van der Waals surface area contributed by atoms with Crippen LogP contribution >= 0.6 is 0 Å². The van der Waals surface area contributed by atoms with E-state index in [2.05, 4.69) is 15.7 Å². The summed E-state index contributed by atoms with van der Waals surface area (Å²) in [6, 6.07) is 8.92. The monoisotopic (exact) mass is 270 g/mol. The third-order valence-corrected chi connectivity index (χ3v) is 3.25. The van der Waals surface area contributed by atoms with E-state index in [1.54, 1.807) is 24.3 Å². The third-order valence-electron chi connectivity index (χ3n) is 3.25. The molecule has 2 N–H and O–H groups in total. The van der Waals surface area contributed by atoms with Crippen LogP contribution in [0, 0.1) is 0 Å². The van der Waals surface area contributed by atoms with Crippen LogP contribution in [-0.2, 0) is 13.1 Å². The molecule has 0 aliphatic carbocycles. The normalized spacial score (nSPS) is 13.1. The van der Waals surface area contributed by atoms with Gasteiger partial charge in [-0.05, 0) is 12.1 Å². The van der Waals surface area contributed by atoms with Gasteiger partial charge in [0.05, 0.1) is 5.69 Å². The van der Waals surface area contributed by atoms with Crippen molar-refractivity contribution in [3.05, 3.63) is 47.2 Å². The maximum absolute atomic E-state index is 12.1. The third kappa shape index (κ3) is 2.10. The summed E-state index contributed by atoms with van der Waals surface area (Å²) in [6.07, 6.45) is 0. The smallest absolute Gasteiger partial charge is 0.256 e. The number of carbonyl (C=O) groups is 2. The largest absolute Gasteiger partial charge is 0.307 e. The molecule has 1 amide bonds. The second-order valence-corrected chi connectivity index (χ2v) is 4.63. The average Bonchev–Trinajstić information content (AvgIpc) is 3.03. The molecule has 0 atom stereocenters. The summed E-state index contributed by atoms with van der Waals surface area (Å²) in [6.45, 7) is 2.64. The lowest BCUT2D eigenvalue weighted by Crippen LogP contribution is -2.17. The lowest BCUT2D eigenvalue weighted by molar-refractivity contribution is 0.0916. The van der Waals surface area contributed by atoms with Crippen molar-refractivity contribution in [1.82, 2.24) is 15.1 Å². The second-order valence-electron chi connectivity index (χ2n) is 4.63. The number of aromatic nitrogens is 2. The van der Waals surface area contributed by atoms with E-state index in [9.17, 15) is 9.59 Å². The standard InChI is InChI=1S/C14H14N4O2/c1-9(19)18-12-8-15-7-11(12)13(17-18)16-14(20)10-5-3-2-4-6-10/h2-6,15H,7-8H2,1H3,(H,16,17,20). The second kappa shape index (κ2) is 4.90. The van der Waals surface area contributed by atoms with Gasteiger partial charge in [0.25, 0.3) is 5.91 Å². The van der Waals surface area contributed by atoms with Crippen molar-refractivity contribution in [1.29, 1.82) is 0 Å². The minimum atomic E-state index is -0.228. The van der Waals surface area contributed by atoms with E-state index in [1.807, 2.05) is 6.07 Å². The number of rotatable bonds is 2. The van der Waals surface area contributed by atoms with Crippen LogP contribution in [0.5, 0.6) is 0 Å². The van der Waals surface area contributed by atoms with Crippen molar-refractivity contribution in [3.8, 4) is 0 Å². The van der Waals surface area contributed by atoms with Gasteiger partial charge >= 0.3 is 0 Å². The molecule has 3 rings (SSSR count). The molecule has 1 aromatic heterocycles. The summed E-state index contributed by atoms with van der Waals surface area (Å²) in [7, 11) is 0. The molecule has 6 heteroatoms. The van der Waals surface area contributed by atoms with Gasteiger partial charge in [0.1, 0.15) is 0 Å². The van der Waals surface area contributed by atoms with Crippen molar-refractivity contribution < 1.29 is 9.59 Å². The molecule has 0 bridgehead atoms. The Bertz CT molecular complexity index is 676. The first kappa shape index (κ1) is 12.6. The van der Waals surface area contributed by atoms with Crippen LogP contribution < -0.4 is 10.6 Å². The number of benzene rings is 1. The van der Waals surface area contributed by atoms with Crippen molar-refractivity contribution in [2.24, 2.45) is 0 Å². The number of hydrogen-bond acceptors (Lipinski definition) is 4. The molecule has 0 saturated carbocycles. The molecule has 0 spiro atoms.